The molecule has 282 valence electrons. The zero-order valence-electron chi connectivity index (χ0n) is 32.8. The molecule has 0 fully saturated rings. The van der Waals surface area contributed by atoms with Gasteiger partial charge in [0.2, 0.25) is 5.95 Å². The maximum absolute atomic E-state index is 5.05. The van der Waals surface area contributed by atoms with Crippen molar-refractivity contribution in [3.05, 3.63) is 0 Å². The van der Waals surface area contributed by atoms with Crippen LogP contribution in [0, 0.1) is 23.7 Å². The first-order valence-electron chi connectivity index (χ1n) is 20.1. The second kappa shape index (κ2) is 30.0. The summed E-state index contributed by atoms with van der Waals surface area (Å²) in [6.07, 6.45) is 20.1. The normalized spacial score (nSPS) is 15.6. The van der Waals surface area contributed by atoms with Crippen molar-refractivity contribution in [2.45, 2.75) is 179 Å². The number of aromatic nitrogens is 3. The molecule has 48 heavy (non-hydrogen) atoms. The Morgan fingerprint density at radius 2 is 0.750 bits per heavy atom. The van der Waals surface area contributed by atoms with Gasteiger partial charge in [0.05, 0.1) is 0 Å². The Kier molecular flexibility index (Phi) is 28.4. The lowest BCUT2D eigenvalue weighted by Gasteiger charge is -2.26. The molecule has 0 aromatic carbocycles. The van der Waals surface area contributed by atoms with Gasteiger partial charge in [-0.2, -0.15) is 15.0 Å². The topological polar surface area (TPSA) is 98.8 Å². The van der Waals surface area contributed by atoms with Gasteiger partial charge in [-0.05, 0) is 49.4 Å². The van der Waals surface area contributed by atoms with Gasteiger partial charge >= 0.3 is 0 Å². The van der Waals surface area contributed by atoms with Gasteiger partial charge in [0, 0.05) is 33.2 Å². The highest BCUT2D eigenvalue weighted by Gasteiger charge is 2.21. The SMILES string of the molecule is CCCCC(CC)CNC(NCC(CC)CCCC)Sc1nc(NC)nc(SC(NCC(CC)CCCC)NCC(CC)CCCC)n1. The van der Waals surface area contributed by atoms with Crippen LogP contribution in [0.4, 0.5) is 5.95 Å². The minimum absolute atomic E-state index is 0.0427. The summed E-state index contributed by atoms with van der Waals surface area (Å²) in [6.45, 7) is 22.4. The summed E-state index contributed by atoms with van der Waals surface area (Å²) in [4.78, 5) is 14.7. The second-order valence-corrected chi connectivity index (χ2v) is 15.9. The molecule has 0 radical (unpaired) electrons. The summed E-state index contributed by atoms with van der Waals surface area (Å²) in [7, 11) is 1.90. The van der Waals surface area contributed by atoms with Gasteiger partial charge in [0.25, 0.3) is 0 Å². The highest BCUT2D eigenvalue weighted by molar-refractivity contribution is 8.00. The Morgan fingerprint density at radius 1 is 0.458 bits per heavy atom. The van der Waals surface area contributed by atoms with Crippen LogP contribution in [-0.4, -0.2) is 59.2 Å². The quantitative estimate of drug-likeness (QED) is 0.0358. The summed E-state index contributed by atoms with van der Waals surface area (Å²) in [6, 6.07) is 0. The molecule has 1 aromatic heterocycles. The predicted molar refractivity (Wildman–Crippen MR) is 214 cm³/mol. The molecule has 0 saturated carbocycles. The lowest BCUT2D eigenvalue weighted by molar-refractivity contribution is 0.370. The van der Waals surface area contributed by atoms with E-state index >= 15 is 0 Å². The minimum atomic E-state index is 0.0427. The van der Waals surface area contributed by atoms with Crippen LogP contribution in [0.25, 0.3) is 0 Å². The summed E-state index contributed by atoms with van der Waals surface area (Å²) < 4.78 is 0. The average Bonchev–Trinajstić information content (AvgIpc) is 3.11. The van der Waals surface area contributed by atoms with E-state index in [2.05, 4.69) is 82.0 Å². The Bertz CT molecular complexity index is 775. The average molecular weight is 711 g/mol. The highest BCUT2D eigenvalue weighted by atomic mass is 32.2. The van der Waals surface area contributed by atoms with Crippen molar-refractivity contribution >= 4 is 29.5 Å². The van der Waals surface area contributed by atoms with E-state index in [0.717, 1.165) is 36.5 Å². The molecule has 0 aliphatic carbocycles. The number of unbranched alkanes of at least 4 members (excludes halogenated alkanes) is 4. The zero-order chi connectivity index (χ0) is 35.4. The maximum atomic E-state index is 5.05. The Labute approximate surface area is 306 Å². The van der Waals surface area contributed by atoms with Crippen molar-refractivity contribution < 1.29 is 0 Å². The van der Waals surface area contributed by atoms with E-state index in [-0.39, 0.29) is 11.0 Å². The first kappa shape index (κ1) is 45.4. The van der Waals surface area contributed by atoms with Gasteiger partial charge in [-0.15, -0.1) is 0 Å². The van der Waals surface area contributed by atoms with Crippen LogP contribution >= 0.6 is 23.5 Å². The van der Waals surface area contributed by atoms with Crippen molar-refractivity contribution in [1.82, 2.24) is 36.2 Å². The van der Waals surface area contributed by atoms with Gasteiger partial charge in [-0.1, -0.05) is 156 Å². The van der Waals surface area contributed by atoms with Crippen molar-refractivity contribution in [1.29, 1.82) is 0 Å². The molecule has 8 nitrogen and oxygen atoms in total. The van der Waals surface area contributed by atoms with Crippen molar-refractivity contribution in [2.75, 3.05) is 38.5 Å². The van der Waals surface area contributed by atoms with Crippen LogP contribution < -0.4 is 26.6 Å². The number of nitrogens with one attached hydrogen (secondary N) is 5. The molecule has 1 heterocycles. The summed E-state index contributed by atoms with van der Waals surface area (Å²) >= 11 is 3.39. The summed E-state index contributed by atoms with van der Waals surface area (Å²) in [5, 5.41) is 20.2. The van der Waals surface area contributed by atoms with E-state index in [0.29, 0.717) is 29.6 Å². The summed E-state index contributed by atoms with van der Waals surface area (Å²) in [5.74, 6) is 3.35. The third-order valence-electron chi connectivity index (χ3n) is 9.81. The van der Waals surface area contributed by atoms with Crippen LogP contribution in [-0.2, 0) is 0 Å². The first-order chi connectivity index (χ1) is 23.4. The van der Waals surface area contributed by atoms with Gasteiger partial charge < -0.3 is 5.32 Å². The Balaban J connectivity index is 3.20. The van der Waals surface area contributed by atoms with Crippen molar-refractivity contribution in [2.24, 2.45) is 23.7 Å². The van der Waals surface area contributed by atoms with Crippen LogP contribution in [0.3, 0.4) is 0 Å². The number of hydrogen-bond acceptors (Lipinski definition) is 10. The molecule has 0 amide bonds. The van der Waals surface area contributed by atoms with E-state index in [4.69, 9.17) is 15.0 Å². The molecule has 0 saturated heterocycles. The number of thioether (sulfide) groups is 2. The van der Waals surface area contributed by atoms with E-state index < -0.39 is 0 Å². The molecular weight excluding hydrogens is 633 g/mol. The molecule has 10 heteroatoms. The standard InChI is InChI=1S/C38H78N8S2/c1-10-18-22-30(14-5)26-40-35(41-27-31(15-6)23-19-11-2)47-37-44-34(39-9)45-38(46-37)48-36(42-28-32(16-7)24-20-12-3)43-29-33(17-8)25-21-13-4/h30-33,35-36,40-43H,10-29H2,1-9H3,(H,39,44,45,46). The van der Waals surface area contributed by atoms with Gasteiger partial charge in [-0.25, -0.2) is 0 Å². The van der Waals surface area contributed by atoms with Gasteiger partial charge in [-0.3, -0.25) is 21.3 Å². The fraction of sp³-hybridized carbons (Fsp3) is 0.921. The number of nitrogens with zero attached hydrogens (tertiary/aromatic N) is 3. The van der Waals surface area contributed by atoms with E-state index in [9.17, 15) is 0 Å². The largest absolute Gasteiger partial charge is 0.357 e. The van der Waals surface area contributed by atoms with E-state index in [1.165, 1.54) is 103 Å². The van der Waals surface area contributed by atoms with Gasteiger partial charge in [0.15, 0.2) is 10.3 Å². The molecule has 5 N–H and O–H groups in total. The van der Waals surface area contributed by atoms with Gasteiger partial charge in [0.1, 0.15) is 11.0 Å². The van der Waals surface area contributed by atoms with Crippen molar-refractivity contribution in [3.63, 3.8) is 0 Å². The second-order valence-electron chi connectivity index (χ2n) is 13.8. The lowest BCUT2D eigenvalue weighted by atomic mass is 9.99. The fourth-order valence-electron chi connectivity index (χ4n) is 5.95. The maximum Gasteiger partial charge on any atom is 0.227 e. The smallest absolute Gasteiger partial charge is 0.227 e. The van der Waals surface area contributed by atoms with Crippen LogP contribution in [0.1, 0.15) is 158 Å². The van der Waals surface area contributed by atoms with Crippen LogP contribution in [0.5, 0.6) is 0 Å². The molecular formula is C38H78N8S2. The molecule has 0 aliphatic heterocycles. The molecule has 4 atom stereocenters. The molecule has 0 aliphatic rings. The lowest BCUT2D eigenvalue weighted by Crippen LogP contribution is -2.44. The predicted octanol–water partition coefficient (Wildman–Crippen LogP) is 9.89. The number of rotatable bonds is 33. The van der Waals surface area contributed by atoms with Crippen LogP contribution in [0.2, 0.25) is 0 Å². The Morgan fingerprint density at radius 3 is 0.979 bits per heavy atom. The van der Waals surface area contributed by atoms with Crippen LogP contribution in [0.15, 0.2) is 10.3 Å². The molecule has 0 bridgehead atoms. The number of hydrogen-bond donors (Lipinski definition) is 5. The van der Waals surface area contributed by atoms with E-state index in [1.54, 1.807) is 23.5 Å². The first-order valence-corrected chi connectivity index (χ1v) is 21.9. The molecule has 4 unspecified atom stereocenters. The molecule has 0 spiro atoms. The zero-order valence-corrected chi connectivity index (χ0v) is 34.4. The third kappa shape index (κ3) is 20.9. The monoisotopic (exact) mass is 711 g/mol. The Hall–Kier alpha value is -0.650. The van der Waals surface area contributed by atoms with E-state index in [1.807, 2.05) is 7.05 Å². The van der Waals surface area contributed by atoms with Crippen molar-refractivity contribution in [3.8, 4) is 0 Å². The molecule has 1 aromatic rings. The molecule has 1 rings (SSSR count). The third-order valence-corrected chi connectivity index (χ3v) is 11.7. The highest BCUT2D eigenvalue weighted by Crippen LogP contribution is 2.25. The minimum Gasteiger partial charge on any atom is -0.357 e. The number of anilines is 1. The fourth-order valence-corrected chi connectivity index (χ4v) is 7.70. The summed E-state index contributed by atoms with van der Waals surface area (Å²) in [5.41, 5.74) is 0.0854.